The van der Waals surface area contributed by atoms with Crippen LogP contribution in [0.4, 0.5) is 5.00 Å². The highest BCUT2D eigenvalue weighted by atomic mass is 32.1. The molecule has 1 atom stereocenters. The van der Waals surface area contributed by atoms with Gasteiger partial charge in [-0.25, -0.2) is 0 Å². The molecule has 1 aliphatic rings. The summed E-state index contributed by atoms with van der Waals surface area (Å²) in [5, 5.41) is 10.0. The zero-order valence-electron chi connectivity index (χ0n) is 9.15. The van der Waals surface area contributed by atoms with Crippen molar-refractivity contribution in [1.29, 1.82) is 5.26 Å². The van der Waals surface area contributed by atoms with E-state index in [1.54, 1.807) is 4.90 Å². The van der Waals surface area contributed by atoms with Crippen molar-refractivity contribution in [3.05, 3.63) is 16.0 Å². The van der Waals surface area contributed by atoms with E-state index in [9.17, 15) is 4.79 Å². The molecule has 0 spiro atoms. The van der Waals surface area contributed by atoms with Gasteiger partial charge in [0, 0.05) is 23.1 Å². The van der Waals surface area contributed by atoms with Crippen LogP contribution < -0.4 is 4.90 Å². The molecule has 1 aromatic heterocycles. The number of thiophene rings is 1. The summed E-state index contributed by atoms with van der Waals surface area (Å²) >= 11 is 5.83. The molecule has 1 saturated heterocycles. The second-order valence-electron chi connectivity index (χ2n) is 3.94. The Morgan fingerprint density at radius 1 is 1.56 bits per heavy atom. The number of aryl methyl sites for hydroxylation is 1. The van der Waals surface area contributed by atoms with E-state index in [0.717, 1.165) is 15.4 Å². The standard InChI is InChI=1S/C11H12N2OS2/c1-6-7(2)16-11(9(6)4-12)13-5-8(15)3-10(13)14/h8,15H,3,5H2,1-2H3. The number of carbonyl (C=O) groups excluding carboxylic acids is 1. The third-order valence-electron chi connectivity index (χ3n) is 2.83. The molecule has 2 heterocycles. The van der Waals surface area contributed by atoms with Crippen LogP contribution >= 0.6 is 24.0 Å². The Labute approximate surface area is 104 Å². The number of hydrogen-bond donors (Lipinski definition) is 1. The molecule has 0 aromatic carbocycles. The summed E-state index contributed by atoms with van der Waals surface area (Å²) in [5.74, 6) is 0.0674. The van der Waals surface area contributed by atoms with Crippen LogP contribution in [0, 0.1) is 25.2 Å². The van der Waals surface area contributed by atoms with E-state index in [1.165, 1.54) is 11.3 Å². The zero-order valence-corrected chi connectivity index (χ0v) is 10.9. The SMILES string of the molecule is Cc1sc(N2CC(S)CC2=O)c(C#N)c1C. The molecule has 0 bridgehead atoms. The molecule has 16 heavy (non-hydrogen) atoms. The molecule has 1 unspecified atom stereocenters. The summed E-state index contributed by atoms with van der Waals surface area (Å²) in [6.07, 6.45) is 0.462. The molecule has 2 rings (SSSR count). The maximum atomic E-state index is 11.7. The van der Waals surface area contributed by atoms with Crippen LogP contribution in [0.2, 0.25) is 0 Å². The van der Waals surface area contributed by atoms with Crippen LogP contribution in [-0.2, 0) is 4.79 Å². The van der Waals surface area contributed by atoms with Crippen LogP contribution in [-0.4, -0.2) is 17.7 Å². The van der Waals surface area contributed by atoms with Crippen LogP contribution in [0.1, 0.15) is 22.4 Å². The second kappa shape index (κ2) is 4.11. The monoisotopic (exact) mass is 252 g/mol. The minimum Gasteiger partial charge on any atom is -0.302 e. The third kappa shape index (κ3) is 1.72. The molecule has 0 radical (unpaired) electrons. The molecule has 1 aliphatic heterocycles. The van der Waals surface area contributed by atoms with Crippen LogP contribution in [0.25, 0.3) is 0 Å². The molecule has 84 valence electrons. The lowest BCUT2D eigenvalue weighted by atomic mass is 10.2. The second-order valence-corrected chi connectivity index (χ2v) is 5.87. The molecular weight excluding hydrogens is 240 g/mol. The highest BCUT2D eigenvalue weighted by Gasteiger charge is 2.31. The van der Waals surface area contributed by atoms with Crippen molar-refractivity contribution in [3.63, 3.8) is 0 Å². The highest BCUT2D eigenvalue weighted by molar-refractivity contribution is 7.81. The first-order valence-electron chi connectivity index (χ1n) is 5.03. The van der Waals surface area contributed by atoms with Gasteiger partial charge >= 0.3 is 0 Å². The van der Waals surface area contributed by atoms with Crippen molar-refractivity contribution in [2.45, 2.75) is 25.5 Å². The van der Waals surface area contributed by atoms with E-state index >= 15 is 0 Å². The number of hydrogen-bond acceptors (Lipinski definition) is 4. The fourth-order valence-corrected chi connectivity index (χ4v) is 3.27. The molecule has 1 aromatic rings. The molecule has 0 N–H and O–H groups in total. The molecule has 3 nitrogen and oxygen atoms in total. The summed E-state index contributed by atoms with van der Waals surface area (Å²) in [6, 6.07) is 2.19. The summed E-state index contributed by atoms with van der Waals surface area (Å²) in [6.45, 7) is 4.51. The Morgan fingerprint density at radius 2 is 2.25 bits per heavy atom. The van der Waals surface area contributed by atoms with E-state index in [1.807, 2.05) is 13.8 Å². The van der Waals surface area contributed by atoms with Crippen molar-refractivity contribution in [2.75, 3.05) is 11.4 Å². The predicted octanol–water partition coefficient (Wildman–Crippen LogP) is 2.27. The largest absolute Gasteiger partial charge is 0.302 e. The maximum Gasteiger partial charge on any atom is 0.228 e. The Hall–Kier alpha value is -0.990. The van der Waals surface area contributed by atoms with E-state index < -0.39 is 0 Å². The van der Waals surface area contributed by atoms with Gasteiger partial charge in [-0.2, -0.15) is 17.9 Å². The van der Waals surface area contributed by atoms with E-state index in [4.69, 9.17) is 5.26 Å². The van der Waals surface area contributed by atoms with Crippen LogP contribution in [0.3, 0.4) is 0 Å². The lowest BCUT2D eigenvalue weighted by Crippen LogP contribution is -2.24. The van der Waals surface area contributed by atoms with Crippen LogP contribution in [0.5, 0.6) is 0 Å². The van der Waals surface area contributed by atoms with Gasteiger partial charge in [0.2, 0.25) is 5.91 Å². The van der Waals surface area contributed by atoms with Gasteiger partial charge in [0.1, 0.15) is 11.1 Å². The average Bonchev–Trinajstić information content (AvgIpc) is 2.69. The van der Waals surface area contributed by atoms with Gasteiger partial charge in [0.05, 0.1) is 5.56 Å². The quantitative estimate of drug-likeness (QED) is 0.779. The number of rotatable bonds is 1. The molecule has 0 saturated carbocycles. The number of anilines is 1. The van der Waals surface area contributed by atoms with Gasteiger partial charge in [-0.05, 0) is 19.4 Å². The summed E-state index contributed by atoms with van der Waals surface area (Å²) < 4.78 is 0. The van der Waals surface area contributed by atoms with Gasteiger partial charge in [-0.3, -0.25) is 4.79 Å². The number of amides is 1. The highest BCUT2D eigenvalue weighted by Crippen LogP contribution is 2.37. The fourth-order valence-electron chi connectivity index (χ4n) is 1.82. The topological polar surface area (TPSA) is 44.1 Å². The van der Waals surface area contributed by atoms with Gasteiger partial charge in [-0.1, -0.05) is 0 Å². The van der Waals surface area contributed by atoms with Crippen LogP contribution in [0.15, 0.2) is 0 Å². The van der Waals surface area contributed by atoms with Gasteiger partial charge in [-0.15, -0.1) is 11.3 Å². The zero-order chi connectivity index (χ0) is 11.9. The normalized spacial score (nSPS) is 20.2. The van der Waals surface area contributed by atoms with Crippen molar-refractivity contribution in [3.8, 4) is 6.07 Å². The Morgan fingerprint density at radius 3 is 2.75 bits per heavy atom. The Bertz CT molecular complexity index is 487. The summed E-state index contributed by atoms with van der Waals surface area (Å²) in [4.78, 5) is 14.5. The molecule has 0 aliphatic carbocycles. The number of nitriles is 1. The minimum atomic E-state index is 0.0674. The Balaban J connectivity index is 2.46. The van der Waals surface area contributed by atoms with Gasteiger partial charge in [0.15, 0.2) is 0 Å². The van der Waals surface area contributed by atoms with Crippen molar-refractivity contribution < 1.29 is 4.79 Å². The first-order valence-corrected chi connectivity index (χ1v) is 6.36. The number of thiol groups is 1. The molecular formula is C11H12N2OS2. The first-order chi connectivity index (χ1) is 7.54. The molecule has 1 amide bonds. The summed E-state index contributed by atoms with van der Waals surface area (Å²) in [5.41, 5.74) is 1.62. The van der Waals surface area contributed by atoms with Crippen molar-refractivity contribution in [1.82, 2.24) is 0 Å². The van der Waals surface area contributed by atoms with Crippen molar-refractivity contribution >= 4 is 34.9 Å². The van der Waals surface area contributed by atoms with E-state index in [2.05, 4.69) is 18.7 Å². The third-order valence-corrected chi connectivity index (χ3v) is 4.40. The molecule has 1 fully saturated rings. The number of nitrogens with zero attached hydrogens (tertiary/aromatic N) is 2. The van der Waals surface area contributed by atoms with Gasteiger partial charge in [0.25, 0.3) is 0 Å². The lowest BCUT2D eigenvalue weighted by Gasteiger charge is -2.13. The maximum absolute atomic E-state index is 11.7. The van der Waals surface area contributed by atoms with Gasteiger partial charge < -0.3 is 4.90 Å². The molecule has 5 heteroatoms. The van der Waals surface area contributed by atoms with E-state index in [-0.39, 0.29) is 11.2 Å². The summed E-state index contributed by atoms with van der Waals surface area (Å²) in [7, 11) is 0. The number of carbonyl (C=O) groups is 1. The average molecular weight is 252 g/mol. The fraction of sp³-hybridized carbons (Fsp3) is 0.455. The minimum absolute atomic E-state index is 0.0674. The Kier molecular flexibility index (Phi) is 2.96. The first kappa shape index (κ1) is 11.5. The van der Waals surface area contributed by atoms with Crippen molar-refractivity contribution in [2.24, 2.45) is 0 Å². The smallest absolute Gasteiger partial charge is 0.228 e. The van der Waals surface area contributed by atoms with E-state index in [0.29, 0.717) is 18.5 Å². The lowest BCUT2D eigenvalue weighted by molar-refractivity contribution is -0.116. The predicted molar refractivity (Wildman–Crippen MR) is 68.3 cm³/mol.